The summed E-state index contributed by atoms with van der Waals surface area (Å²) in [6.07, 6.45) is 0. The number of carbonyl (C=O) groups is 1. The summed E-state index contributed by atoms with van der Waals surface area (Å²) in [6.45, 7) is 0.446. The number of benzene rings is 2. The topological polar surface area (TPSA) is 42.2 Å². The molecule has 3 nitrogen and oxygen atoms in total. The van der Waals surface area contributed by atoms with Crippen LogP contribution in [0.3, 0.4) is 0 Å². The van der Waals surface area contributed by atoms with Crippen molar-refractivity contribution >= 4 is 39.8 Å². The molecule has 2 heterocycles. The summed E-state index contributed by atoms with van der Waals surface area (Å²) < 4.78 is 5.57. The molecule has 0 saturated heterocycles. The van der Waals surface area contributed by atoms with Crippen LogP contribution >= 0.6 is 22.9 Å². The van der Waals surface area contributed by atoms with E-state index < -0.39 is 0 Å². The summed E-state index contributed by atoms with van der Waals surface area (Å²) in [5.41, 5.74) is 2.86. The Morgan fingerprint density at radius 1 is 1.08 bits per heavy atom. The molecule has 2 aromatic heterocycles. The van der Waals surface area contributed by atoms with Crippen LogP contribution in [-0.4, -0.2) is 5.91 Å². The molecule has 1 N–H and O–H groups in total. The van der Waals surface area contributed by atoms with Gasteiger partial charge in [-0.25, -0.2) is 0 Å². The first kappa shape index (κ1) is 15.9. The Hall–Kier alpha value is -2.56. The zero-order valence-corrected chi connectivity index (χ0v) is 14.7. The number of thiophene rings is 1. The molecule has 4 aromatic rings. The van der Waals surface area contributed by atoms with E-state index in [0.717, 1.165) is 10.9 Å². The fourth-order valence-corrected chi connectivity index (χ4v) is 3.54. The third-order valence-electron chi connectivity index (χ3n) is 3.91. The molecule has 0 unspecified atom stereocenters. The van der Waals surface area contributed by atoms with Crippen molar-refractivity contribution in [3.05, 3.63) is 82.4 Å². The molecule has 0 spiro atoms. The fourth-order valence-electron chi connectivity index (χ4n) is 2.63. The van der Waals surface area contributed by atoms with E-state index in [1.165, 1.54) is 10.4 Å². The van der Waals surface area contributed by atoms with E-state index in [9.17, 15) is 4.79 Å². The second-order valence-electron chi connectivity index (χ2n) is 5.65. The van der Waals surface area contributed by atoms with Crippen molar-refractivity contribution in [2.45, 2.75) is 6.54 Å². The van der Waals surface area contributed by atoms with Crippen molar-refractivity contribution in [2.75, 3.05) is 0 Å². The number of furan rings is 1. The van der Waals surface area contributed by atoms with Crippen LogP contribution in [0.5, 0.6) is 0 Å². The smallest absolute Gasteiger partial charge is 0.287 e. The van der Waals surface area contributed by atoms with Crippen LogP contribution < -0.4 is 5.32 Å². The first-order valence-corrected chi connectivity index (χ1v) is 9.05. The zero-order valence-electron chi connectivity index (χ0n) is 13.2. The highest BCUT2D eigenvalue weighted by molar-refractivity contribution is 7.13. The van der Waals surface area contributed by atoms with E-state index in [1.54, 1.807) is 35.6 Å². The predicted molar refractivity (Wildman–Crippen MR) is 102 cm³/mol. The normalized spacial score (nSPS) is 10.9. The minimum Gasteiger partial charge on any atom is -0.451 e. The van der Waals surface area contributed by atoms with Gasteiger partial charge < -0.3 is 9.73 Å². The first-order valence-electron chi connectivity index (χ1n) is 7.79. The molecular formula is C20H14ClNO2S. The molecule has 0 aliphatic heterocycles. The molecule has 0 atom stereocenters. The van der Waals surface area contributed by atoms with Crippen molar-refractivity contribution in [3.8, 4) is 10.4 Å². The van der Waals surface area contributed by atoms with Crippen LogP contribution in [0.15, 0.2) is 70.5 Å². The highest BCUT2D eigenvalue weighted by Crippen LogP contribution is 2.25. The van der Waals surface area contributed by atoms with Gasteiger partial charge in [0.15, 0.2) is 5.76 Å². The second kappa shape index (κ2) is 6.75. The minimum atomic E-state index is -0.241. The summed E-state index contributed by atoms with van der Waals surface area (Å²) in [5.74, 6) is 0.0436. The Morgan fingerprint density at radius 3 is 2.68 bits per heavy atom. The lowest BCUT2D eigenvalue weighted by molar-refractivity contribution is 0.0925. The van der Waals surface area contributed by atoms with Gasteiger partial charge in [0.25, 0.3) is 5.91 Å². The molecule has 0 bridgehead atoms. The van der Waals surface area contributed by atoms with Crippen LogP contribution in [0.2, 0.25) is 5.02 Å². The van der Waals surface area contributed by atoms with Gasteiger partial charge in [0.05, 0.1) is 0 Å². The summed E-state index contributed by atoms with van der Waals surface area (Å²) in [6, 6.07) is 19.3. The van der Waals surface area contributed by atoms with Crippen molar-refractivity contribution in [1.82, 2.24) is 5.32 Å². The standard InChI is InChI=1S/C20H14ClNO2S/c21-16-7-8-17-15(10-16)11-18(24-17)20(23)22-12-13-3-5-14(6-4-13)19-2-1-9-25-19/h1-11H,12H2,(H,22,23). The average Bonchev–Trinajstić information content (AvgIpc) is 3.29. The molecule has 124 valence electrons. The maximum Gasteiger partial charge on any atom is 0.287 e. The third-order valence-corrected chi connectivity index (χ3v) is 5.07. The van der Waals surface area contributed by atoms with E-state index in [0.29, 0.717) is 17.2 Å². The molecule has 0 saturated carbocycles. The van der Waals surface area contributed by atoms with Gasteiger partial charge in [-0.15, -0.1) is 11.3 Å². The molecule has 0 radical (unpaired) electrons. The Kier molecular flexibility index (Phi) is 4.30. The van der Waals surface area contributed by atoms with Gasteiger partial charge >= 0.3 is 0 Å². The Morgan fingerprint density at radius 2 is 1.92 bits per heavy atom. The van der Waals surface area contributed by atoms with Crippen LogP contribution in [0.25, 0.3) is 21.4 Å². The summed E-state index contributed by atoms with van der Waals surface area (Å²) >= 11 is 7.67. The molecule has 0 fully saturated rings. The van der Waals surface area contributed by atoms with Crippen molar-refractivity contribution in [3.63, 3.8) is 0 Å². The maximum atomic E-state index is 12.3. The Labute approximate surface area is 153 Å². The highest BCUT2D eigenvalue weighted by Gasteiger charge is 2.12. The van der Waals surface area contributed by atoms with Gasteiger partial charge in [-0.05, 0) is 46.8 Å². The number of halogens is 1. The molecule has 0 aliphatic rings. The zero-order chi connectivity index (χ0) is 17.2. The largest absolute Gasteiger partial charge is 0.451 e. The fraction of sp³-hybridized carbons (Fsp3) is 0.0500. The van der Waals surface area contributed by atoms with E-state index in [1.807, 2.05) is 18.2 Å². The van der Waals surface area contributed by atoms with E-state index in [4.69, 9.17) is 16.0 Å². The van der Waals surface area contributed by atoms with Crippen molar-refractivity contribution in [1.29, 1.82) is 0 Å². The first-order chi connectivity index (χ1) is 12.2. The number of carbonyl (C=O) groups excluding carboxylic acids is 1. The van der Waals surface area contributed by atoms with Gasteiger partial charge in [-0.1, -0.05) is 41.9 Å². The molecule has 2 aromatic carbocycles. The SMILES string of the molecule is O=C(NCc1ccc(-c2cccs2)cc1)c1cc2cc(Cl)ccc2o1. The van der Waals surface area contributed by atoms with Gasteiger partial charge in [-0.3, -0.25) is 4.79 Å². The molecule has 1 amide bonds. The van der Waals surface area contributed by atoms with E-state index in [2.05, 4.69) is 28.9 Å². The van der Waals surface area contributed by atoms with Crippen molar-refractivity contribution < 1.29 is 9.21 Å². The van der Waals surface area contributed by atoms with E-state index >= 15 is 0 Å². The van der Waals surface area contributed by atoms with Crippen LogP contribution in [0, 0.1) is 0 Å². The highest BCUT2D eigenvalue weighted by atomic mass is 35.5. The number of hydrogen-bond donors (Lipinski definition) is 1. The average molecular weight is 368 g/mol. The number of hydrogen-bond acceptors (Lipinski definition) is 3. The quantitative estimate of drug-likeness (QED) is 0.499. The molecule has 5 heteroatoms. The molecule has 25 heavy (non-hydrogen) atoms. The molecule has 0 aliphatic carbocycles. The summed E-state index contributed by atoms with van der Waals surface area (Å²) in [4.78, 5) is 13.5. The summed E-state index contributed by atoms with van der Waals surface area (Å²) in [7, 11) is 0. The monoisotopic (exact) mass is 367 g/mol. The third kappa shape index (κ3) is 3.45. The van der Waals surface area contributed by atoms with Gasteiger partial charge in [0.1, 0.15) is 5.58 Å². The van der Waals surface area contributed by atoms with Gasteiger partial charge in [0.2, 0.25) is 0 Å². The lowest BCUT2D eigenvalue weighted by atomic mass is 10.1. The molecule has 4 rings (SSSR count). The number of amides is 1. The second-order valence-corrected chi connectivity index (χ2v) is 7.03. The van der Waals surface area contributed by atoms with Gasteiger partial charge in [0, 0.05) is 21.8 Å². The van der Waals surface area contributed by atoms with Crippen LogP contribution in [0.1, 0.15) is 16.1 Å². The van der Waals surface area contributed by atoms with Gasteiger partial charge in [-0.2, -0.15) is 0 Å². The number of fused-ring (bicyclic) bond motifs is 1. The van der Waals surface area contributed by atoms with E-state index in [-0.39, 0.29) is 11.7 Å². The van der Waals surface area contributed by atoms with Crippen molar-refractivity contribution in [2.24, 2.45) is 0 Å². The molecular weight excluding hydrogens is 354 g/mol. The predicted octanol–water partition coefficient (Wildman–Crippen LogP) is 5.74. The Bertz CT molecular complexity index is 1020. The summed E-state index contributed by atoms with van der Waals surface area (Å²) in [5, 5.41) is 6.38. The number of nitrogens with one attached hydrogen (secondary N) is 1. The van der Waals surface area contributed by atoms with Crippen LogP contribution in [-0.2, 0) is 6.54 Å². The lowest BCUT2D eigenvalue weighted by Crippen LogP contribution is -2.22. The van der Waals surface area contributed by atoms with Crippen LogP contribution in [0.4, 0.5) is 0 Å². The maximum absolute atomic E-state index is 12.3. The number of rotatable bonds is 4. The Balaban J connectivity index is 1.44. The lowest BCUT2D eigenvalue weighted by Gasteiger charge is -2.04. The minimum absolute atomic E-state index is 0.241.